The van der Waals surface area contributed by atoms with Crippen LogP contribution in [0.5, 0.6) is 0 Å². The Morgan fingerprint density at radius 3 is 1.49 bits per heavy atom. The molecule has 2 aliphatic rings. The molecule has 4 atom stereocenters. The van der Waals surface area contributed by atoms with E-state index >= 15 is 0 Å². The highest BCUT2D eigenvalue weighted by Gasteiger charge is 2.39. The molecule has 15 nitrogen and oxygen atoms in total. The van der Waals surface area contributed by atoms with Crippen molar-refractivity contribution >= 4 is 24.0 Å². The number of amides is 4. The third-order valence-corrected chi connectivity index (χ3v) is 13.6. The maximum Gasteiger partial charge on any atom is 0.407 e. The van der Waals surface area contributed by atoms with Crippen LogP contribution in [0.25, 0.3) is 50.6 Å². The second-order valence-corrected chi connectivity index (χ2v) is 19.9. The zero-order chi connectivity index (χ0) is 49.1. The number of H-pyrrole nitrogens is 2. The number of methoxy groups -OCH3 is 2. The van der Waals surface area contributed by atoms with Crippen molar-refractivity contribution in [3.63, 3.8) is 0 Å². The molecule has 4 amide bonds. The molecule has 362 valence electrons. The van der Waals surface area contributed by atoms with E-state index in [1.165, 1.54) is 19.8 Å². The number of rotatable bonds is 13. The van der Waals surface area contributed by atoms with Crippen LogP contribution < -0.4 is 10.6 Å². The molecular formula is C54H65N9O6. The Hall–Kier alpha value is -7.16. The molecule has 5 heterocycles. The van der Waals surface area contributed by atoms with E-state index < -0.39 is 24.3 Å². The maximum atomic E-state index is 13.7. The minimum atomic E-state index is -0.705. The van der Waals surface area contributed by atoms with Crippen LogP contribution in [0.2, 0.25) is 0 Å². The van der Waals surface area contributed by atoms with E-state index in [1.807, 2.05) is 49.9 Å². The van der Waals surface area contributed by atoms with Crippen molar-refractivity contribution in [1.82, 2.24) is 44.9 Å². The first kappa shape index (κ1) is 48.3. The topological polar surface area (TPSA) is 180 Å². The first-order valence-corrected chi connectivity index (χ1v) is 24.0. The summed E-state index contributed by atoms with van der Waals surface area (Å²) in [5.41, 5.74) is 10.2. The Labute approximate surface area is 404 Å². The summed E-state index contributed by atoms with van der Waals surface area (Å²) in [6.07, 6.45) is 7.72. The van der Waals surface area contributed by atoms with Crippen LogP contribution in [0.4, 0.5) is 9.59 Å². The number of likely N-dealkylation sites (tertiary alicyclic amines) is 2. The number of nitrogens with one attached hydrogen (secondary N) is 4. The summed E-state index contributed by atoms with van der Waals surface area (Å²) in [6.45, 7) is 15.5. The SMILES string of the molecule is COC(=O)NC(C(=O)N1CCC[C@H]1c1ncc(-c2ccc(-n3ccc(-c4ccc(-c5cnc([C@@H]6CCCN6C(=O)[C@@H](NC(=O)OC)C(C)C)[nH]5)cc4)c3-c3ccc(C(C)(C)C)cc3)cc2)[nH]1)C(C)C. The van der Waals surface area contributed by atoms with Gasteiger partial charge in [0.15, 0.2) is 0 Å². The fraction of sp³-hybridized carbons (Fsp3) is 0.407. The van der Waals surface area contributed by atoms with E-state index in [1.54, 1.807) is 0 Å². The highest BCUT2D eigenvalue weighted by molar-refractivity contribution is 5.88. The number of nitrogens with zero attached hydrogens (tertiary/aromatic N) is 5. The Bertz CT molecular complexity index is 2600. The number of aromatic nitrogens is 5. The molecule has 1 unspecified atom stereocenters. The highest BCUT2D eigenvalue weighted by Crippen LogP contribution is 2.39. The zero-order valence-electron chi connectivity index (χ0n) is 41.1. The van der Waals surface area contributed by atoms with Crippen molar-refractivity contribution in [2.75, 3.05) is 27.3 Å². The fourth-order valence-electron chi connectivity index (χ4n) is 9.63. The van der Waals surface area contributed by atoms with E-state index in [2.05, 4.69) is 131 Å². The average Bonchev–Trinajstić information content (AvgIpc) is 4.21. The van der Waals surface area contributed by atoms with Crippen LogP contribution in [-0.2, 0) is 24.5 Å². The lowest BCUT2D eigenvalue weighted by atomic mass is 9.86. The van der Waals surface area contributed by atoms with Crippen molar-refractivity contribution < 1.29 is 28.7 Å². The smallest absolute Gasteiger partial charge is 0.407 e. The molecule has 0 saturated carbocycles. The maximum absolute atomic E-state index is 13.7. The summed E-state index contributed by atoms with van der Waals surface area (Å²) in [6, 6.07) is 26.0. The molecule has 2 fully saturated rings. The van der Waals surface area contributed by atoms with E-state index in [-0.39, 0.29) is 41.1 Å². The van der Waals surface area contributed by atoms with Gasteiger partial charge in [-0.25, -0.2) is 19.6 Å². The van der Waals surface area contributed by atoms with Gasteiger partial charge in [0.25, 0.3) is 0 Å². The Morgan fingerprint density at radius 2 is 1.06 bits per heavy atom. The molecule has 69 heavy (non-hydrogen) atoms. The van der Waals surface area contributed by atoms with E-state index in [0.717, 1.165) is 82.1 Å². The number of ether oxygens (including phenoxy) is 2. The number of carbonyl (C=O) groups excluding carboxylic acids is 4. The fourth-order valence-corrected chi connectivity index (χ4v) is 9.63. The van der Waals surface area contributed by atoms with Gasteiger partial charge in [-0.2, -0.15) is 0 Å². The van der Waals surface area contributed by atoms with Crippen LogP contribution in [0.3, 0.4) is 0 Å². The van der Waals surface area contributed by atoms with Gasteiger partial charge in [-0.3, -0.25) is 9.59 Å². The lowest BCUT2D eigenvalue weighted by Crippen LogP contribution is -2.51. The minimum absolute atomic E-state index is 0.00166. The molecule has 0 aliphatic carbocycles. The average molecular weight is 936 g/mol. The number of benzene rings is 3. The predicted molar refractivity (Wildman–Crippen MR) is 266 cm³/mol. The summed E-state index contributed by atoms with van der Waals surface area (Å²) < 4.78 is 11.8. The lowest BCUT2D eigenvalue weighted by molar-refractivity contribution is -0.136. The summed E-state index contributed by atoms with van der Waals surface area (Å²) in [4.78, 5) is 71.8. The van der Waals surface area contributed by atoms with Gasteiger partial charge >= 0.3 is 12.2 Å². The van der Waals surface area contributed by atoms with Crippen molar-refractivity contribution in [2.24, 2.45) is 11.8 Å². The van der Waals surface area contributed by atoms with Crippen molar-refractivity contribution in [3.8, 4) is 50.6 Å². The quantitative estimate of drug-likeness (QED) is 0.0884. The molecule has 3 aromatic carbocycles. The number of carbonyl (C=O) groups is 4. The van der Waals surface area contributed by atoms with Crippen LogP contribution in [-0.4, -0.2) is 97.7 Å². The molecular weight excluding hydrogens is 871 g/mol. The summed E-state index contributed by atoms with van der Waals surface area (Å²) in [5.74, 6) is 0.907. The monoisotopic (exact) mass is 936 g/mol. The predicted octanol–water partition coefficient (Wildman–Crippen LogP) is 9.98. The summed E-state index contributed by atoms with van der Waals surface area (Å²) in [5, 5.41) is 5.44. The van der Waals surface area contributed by atoms with Crippen molar-refractivity contribution in [3.05, 3.63) is 115 Å². The van der Waals surface area contributed by atoms with Crippen molar-refractivity contribution in [2.45, 2.75) is 104 Å². The molecule has 0 radical (unpaired) electrons. The normalized spacial score (nSPS) is 17.0. The summed E-state index contributed by atoms with van der Waals surface area (Å²) >= 11 is 0. The van der Waals surface area contributed by atoms with Crippen LogP contribution in [0, 0.1) is 11.8 Å². The lowest BCUT2D eigenvalue weighted by Gasteiger charge is -2.30. The molecule has 15 heteroatoms. The Balaban J connectivity index is 1.04. The molecule has 8 rings (SSSR count). The van der Waals surface area contributed by atoms with Gasteiger partial charge in [0.1, 0.15) is 23.7 Å². The number of alkyl carbamates (subject to hydrolysis) is 2. The molecule has 0 spiro atoms. The third kappa shape index (κ3) is 10.2. The molecule has 2 aliphatic heterocycles. The molecule has 2 saturated heterocycles. The number of hydrogen-bond donors (Lipinski definition) is 4. The molecule has 0 bridgehead atoms. The Kier molecular flexibility index (Phi) is 14.1. The van der Waals surface area contributed by atoms with Crippen LogP contribution in [0.15, 0.2) is 97.5 Å². The zero-order valence-corrected chi connectivity index (χ0v) is 41.1. The van der Waals surface area contributed by atoms with Gasteiger partial charge in [0.2, 0.25) is 11.8 Å². The first-order valence-electron chi connectivity index (χ1n) is 24.0. The number of aromatic amines is 2. The standard InChI is InChI=1S/C54H65N9O6/c1-32(2)45(59-52(66)68-8)50(64)62-27-10-12-43(62)48-55-30-41(57-48)35-16-14-34(15-17-35)40-26-29-61(47(40)37-18-22-38(23-19-37)54(5,6)7)39-24-20-36(21-25-39)42-31-56-49(58-42)44-13-11-28-63(44)51(65)46(33(3)4)60-53(67)69-9/h14-26,29-33,43-46H,10-13,27-28H2,1-9H3,(H,55,57)(H,56,58)(H,59,66)(H,60,67)/t43-,44-,45-,46?/m0/s1. The second kappa shape index (κ2) is 20.2. The van der Waals surface area contributed by atoms with Gasteiger partial charge in [-0.1, -0.05) is 109 Å². The van der Waals surface area contributed by atoms with Gasteiger partial charge in [0, 0.05) is 30.5 Å². The Morgan fingerprint density at radius 1 is 0.623 bits per heavy atom. The minimum Gasteiger partial charge on any atom is -0.453 e. The van der Waals surface area contributed by atoms with Crippen LogP contribution >= 0.6 is 0 Å². The van der Waals surface area contributed by atoms with Gasteiger partial charge in [-0.05, 0) is 89.0 Å². The van der Waals surface area contributed by atoms with Gasteiger partial charge in [0.05, 0.1) is 55.8 Å². The summed E-state index contributed by atoms with van der Waals surface area (Å²) in [7, 11) is 2.59. The first-order chi connectivity index (χ1) is 33.1. The van der Waals surface area contributed by atoms with Gasteiger partial charge < -0.3 is 44.4 Å². The largest absolute Gasteiger partial charge is 0.453 e. The number of imidazole rings is 2. The second-order valence-electron chi connectivity index (χ2n) is 19.9. The molecule has 4 N–H and O–H groups in total. The van der Waals surface area contributed by atoms with Crippen molar-refractivity contribution in [1.29, 1.82) is 0 Å². The molecule has 6 aromatic rings. The third-order valence-electron chi connectivity index (χ3n) is 13.6. The van der Waals surface area contributed by atoms with Gasteiger partial charge in [-0.15, -0.1) is 0 Å². The van der Waals surface area contributed by atoms with E-state index in [4.69, 9.17) is 19.4 Å². The van der Waals surface area contributed by atoms with E-state index in [9.17, 15) is 19.2 Å². The highest BCUT2D eigenvalue weighted by atomic mass is 16.5. The molecule has 3 aromatic heterocycles. The number of hydrogen-bond acceptors (Lipinski definition) is 8. The van der Waals surface area contributed by atoms with Crippen LogP contribution in [0.1, 0.15) is 103 Å². The van der Waals surface area contributed by atoms with E-state index in [0.29, 0.717) is 18.9 Å².